The van der Waals surface area contributed by atoms with E-state index in [2.05, 4.69) is 25.6 Å². The number of alkyl halides is 3. The standard InChI is InChI=1S/C24H23F3N8O3/c1-23(2)21(37)35(22(38)34(23)3)14-4-5-18(31-11-14)33-19-8-17(15(12-32-19)20(28)36)30-10-13-9-29-7-6-16(13)24(25,26)27/h4-9,11-12H,10H2,1-3H3,(H2,28,36)(H2,30,31,32,33). The number of primary amides is 1. The van der Waals surface area contributed by atoms with E-state index in [0.717, 1.165) is 23.4 Å². The Hall–Kier alpha value is -4.75. The SMILES string of the molecule is CN1C(=O)N(c2ccc(Nc3cc(NCc4cnccc4C(F)(F)F)c(C(N)=O)cn3)nc2)C(=O)C1(C)C. The maximum atomic E-state index is 13.3. The fourth-order valence-electron chi connectivity index (χ4n) is 3.75. The van der Waals surface area contributed by atoms with Gasteiger partial charge in [0.2, 0.25) is 0 Å². The summed E-state index contributed by atoms with van der Waals surface area (Å²) >= 11 is 0. The van der Waals surface area contributed by atoms with Crippen LogP contribution in [0.3, 0.4) is 0 Å². The summed E-state index contributed by atoms with van der Waals surface area (Å²) in [6, 6.07) is 4.82. The fraction of sp³-hybridized carbons (Fsp3) is 0.250. The highest BCUT2D eigenvalue weighted by molar-refractivity contribution is 6.22. The molecule has 0 aromatic carbocycles. The maximum Gasteiger partial charge on any atom is 0.416 e. The minimum atomic E-state index is -4.58. The quantitative estimate of drug-likeness (QED) is 0.395. The molecule has 4 heterocycles. The van der Waals surface area contributed by atoms with Crippen LogP contribution in [0.1, 0.15) is 35.3 Å². The molecule has 14 heteroatoms. The lowest BCUT2D eigenvalue weighted by molar-refractivity contribution is -0.138. The van der Waals surface area contributed by atoms with Crippen molar-refractivity contribution in [1.29, 1.82) is 0 Å². The number of nitrogens with two attached hydrogens (primary N) is 1. The van der Waals surface area contributed by atoms with Gasteiger partial charge >= 0.3 is 12.2 Å². The first-order valence-electron chi connectivity index (χ1n) is 11.2. The van der Waals surface area contributed by atoms with Crippen molar-refractivity contribution in [3.8, 4) is 0 Å². The number of amides is 4. The third-order valence-electron chi connectivity index (χ3n) is 6.15. The van der Waals surface area contributed by atoms with Crippen LogP contribution < -0.4 is 21.3 Å². The molecule has 1 fully saturated rings. The maximum absolute atomic E-state index is 13.3. The predicted molar refractivity (Wildman–Crippen MR) is 132 cm³/mol. The average Bonchev–Trinajstić information content (AvgIpc) is 3.01. The molecule has 0 spiro atoms. The Morgan fingerprint density at radius 1 is 1.08 bits per heavy atom. The molecule has 4 rings (SSSR count). The summed E-state index contributed by atoms with van der Waals surface area (Å²) < 4.78 is 39.9. The number of nitrogens with one attached hydrogen (secondary N) is 2. The van der Waals surface area contributed by atoms with E-state index in [1.54, 1.807) is 13.8 Å². The van der Waals surface area contributed by atoms with Crippen molar-refractivity contribution >= 4 is 40.9 Å². The lowest BCUT2D eigenvalue weighted by Gasteiger charge is -2.22. The second kappa shape index (κ2) is 9.61. The van der Waals surface area contributed by atoms with Crippen LogP contribution in [0, 0.1) is 0 Å². The molecule has 0 saturated carbocycles. The molecule has 1 aliphatic heterocycles. The number of hydrogen-bond donors (Lipinski definition) is 3. The summed E-state index contributed by atoms with van der Waals surface area (Å²) in [6.07, 6.45) is 0.0633. The van der Waals surface area contributed by atoms with Gasteiger partial charge in [-0.3, -0.25) is 14.6 Å². The number of nitrogens with zero attached hydrogens (tertiary/aromatic N) is 5. The van der Waals surface area contributed by atoms with Gasteiger partial charge in [-0.15, -0.1) is 0 Å². The molecular formula is C24H23F3N8O3. The molecule has 0 atom stereocenters. The van der Waals surface area contributed by atoms with Gasteiger partial charge in [0.25, 0.3) is 11.8 Å². The van der Waals surface area contributed by atoms with Gasteiger partial charge in [-0.25, -0.2) is 19.7 Å². The Labute approximate surface area is 214 Å². The first-order chi connectivity index (χ1) is 17.8. The number of carbonyl (C=O) groups excluding carboxylic acids is 3. The molecule has 1 saturated heterocycles. The third-order valence-corrected chi connectivity index (χ3v) is 6.15. The van der Waals surface area contributed by atoms with E-state index in [-0.39, 0.29) is 40.7 Å². The first-order valence-corrected chi connectivity index (χ1v) is 11.2. The smallest absolute Gasteiger partial charge is 0.380 e. The minimum absolute atomic E-state index is 0.0332. The normalized spacial score (nSPS) is 15.1. The Balaban J connectivity index is 1.54. The van der Waals surface area contributed by atoms with E-state index >= 15 is 0 Å². The van der Waals surface area contributed by atoms with Gasteiger partial charge in [0.1, 0.15) is 17.2 Å². The average molecular weight is 528 g/mol. The number of anilines is 4. The number of carbonyl (C=O) groups is 3. The van der Waals surface area contributed by atoms with Gasteiger partial charge in [0.15, 0.2) is 0 Å². The van der Waals surface area contributed by atoms with Crippen LogP contribution >= 0.6 is 0 Å². The Kier molecular flexibility index (Phi) is 6.65. The molecule has 4 amide bonds. The highest BCUT2D eigenvalue weighted by Gasteiger charge is 2.50. The van der Waals surface area contributed by atoms with Crippen LogP contribution in [0.25, 0.3) is 0 Å². The number of urea groups is 1. The molecule has 4 N–H and O–H groups in total. The van der Waals surface area contributed by atoms with Crippen LogP contribution in [-0.2, 0) is 17.5 Å². The van der Waals surface area contributed by atoms with Crippen LogP contribution in [-0.4, -0.2) is 50.3 Å². The Bertz CT molecular complexity index is 1410. The zero-order chi connectivity index (χ0) is 27.8. The van der Waals surface area contributed by atoms with E-state index in [0.29, 0.717) is 0 Å². The molecule has 3 aromatic heterocycles. The van der Waals surface area contributed by atoms with Gasteiger partial charge in [-0.2, -0.15) is 13.2 Å². The number of pyridine rings is 3. The van der Waals surface area contributed by atoms with Crippen molar-refractivity contribution in [3.63, 3.8) is 0 Å². The van der Waals surface area contributed by atoms with E-state index < -0.39 is 35.1 Å². The lowest BCUT2D eigenvalue weighted by atomic mass is 10.1. The molecule has 198 valence electrons. The van der Waals surface area contributed by atoms with Crippen molar-refractivity contribution in [2.75, 3.05) is 22.6 Å². The second-order valence-corrected chi connectivity index (χ2v) is 8.93. The molecule has 0 unspecified atom stereocenters. The molecule has 11 nitrogen and oxygen atoms in total. The highest BCUT2D eigenvalue weighted by atomic mass is 19.4. The fourth-order valence-corrected chi connectivity index (χ4v) is 3.75. The van der Waals surface area contributed by atoms with Crippen LogP contribution in [0.5, 0.6) is 0 Å². The molecule has 0 aliphatic carbocycles. The summed E-state index contributed by atoms with van der Waals surface area (Å²) in [5.41, 5.74) is 3.81. The van der Waals surface area contributed by atoms with Crippen molar-refractivity contribution < 1.29 is 27.6 Å². The number of aromatic nitrogens is 3. The van der Waals surface area contributed by atoms with Crippen molar-refractivity contribution in [2.45, 2.75) is 32.1 Å². The van der Waals surface area contributed by atoms with Gasteiger partial charge in [0, 0.05) is 43.8 Å². The highest BCUT2D eigenvalue weighted by Crippen LogP contribution is 2.33. The van der Waals surface area contributed by atoms with Crippen LogP contribution in [0.4, 0.5) is 41.0 Å². The molecule has 0 radical (unpaired) electrons. The van der Waals surface area contributed by atoms with Gasteiger partial charge in [-0.05, 0) is 32.0 Å². The molecule has 3 aromatic rings. The monoisotopic (exact) mass is 528 g/mol. The van der Waals surface area contributed by atoms with Gasteiger partial charge in [0.05, 0.1) is 28.7 Å². The molecule has 0 bridgehead atoms. The van der Waals surface area contributed by atoms with E-state index in [1.165, 1.54) is 42.5 Å². The molecule has 38 heavy (non-hydrogen) atoms. The van der Waals surface area contributed by atoms with Crippen molar-refractivity contribution in [3.05, 3.63) is 65.7 Å². The number of likely N-dealkylation sites (N-methyl/N-ethyl adjacent to an activating group) is 1. The van der Waals surface area contributed by atoms with Crippen molar-refractivity contribution in [2.24, 2.45) is 5.73 Å². The first kappa shape index (κ1) is 26.3. The topological polar surface area (TPSA) is 146 Å². The Morgan fingerprint density at radius 3 is 2.37 bits per heavy atom. The zero-order valence-corrected chi connectivity index (χ0v) is 20.5. The minimum Gasteiger partial charge on any atom is -0.380 e. The summed E-state index contributed by atoms with van der Waals surface area (Å²) in [5, 5.41) is 5.69. The Morgan fingerprint density at radius 2 is 1.79 bits per heavy atom. The summed E-state index contributed by atoms with van der Waals surface area (Å²) in [7, 11) is 1.54. The summed E-state index contributed by atoms with van der Waals surface area (Å²) in [6.45, 7) is 2.99. The largest absolute Gasteiger partial charge is 0.416 e. The van der Waals surface area contributed by atoms with Crippen molar-refractivity contribution in [1.82, 2.24) is 19.9 Å². The van der Waals surface area contributed by atoms with E-state index in [4.69, 9.17) is 5.73 Å². The van der Waals surface area contributed by atoms with E-state index in [1.807, 2.05) is 0 Å². The number of imide groups is 1. The van der Waals surface area contributed by atoms with E-state index in [9.17, 15) is 27.6 Å². The number of halogens is 3. The summed E-state index contributed by atoms with van der Waals surface area (Å²) in [5.74, 6) is -0.732. The number of hydrogen-bond acceptors (Lipinski definition) is 8. The third kappa shape index (κ3) is 4.92. The van der Waals surface area contributed by atoms with Crippen LogP contribution in [0.2, 0.25) is 0 Å². The van der Waals surface area contributed by atoms with Gasteiger partial charge in [-0.1, -0.05) is 0 Å². The zero-order valence-electron chi connectivity index (χ0n) is 20.5. The second-order valence-electron chi connectivity index (χ2n) is 8.93. The molecular weight excluding hydrogens is 505 g/mol. The summed E-state index contributed by atoms with van der Waals surface area (Å²) in [4.78, 5) is 51.5. The molecule has 1 aliphatic rings. The predicted octanol–water partition coefficient (Wildman–Crippen LogP) is 3.52. The van der Waals surface area contributed by atoms with Gasteiger partial charge < -0.3 is 21.3 Å². The van der Waals surface area contributed by atoms with Crippen LogP contribution in [0.15, 0.2) is 49.1 Å². The number of rotatable bonds is 7. The lowest BCUT2D eigenvalue weighted by Crippen LogP contribution is -2.41.